The van der Waals surface area contributed by atoms with Crippen LogP contribution in [0.5, 0.6) is 0 Å². The molecule has 92 valence electrons. The lowest BCUT2D eigenvalue weighted by atomic mass is 10.1. The zero-order valence-electron chi connectivity index (χ0n) is 9.77. The summed E-state index contributed by atoms with van der Waals surface area (Å²) in [5.74, 6) is -0.937. The molecule has 1 heterocycles. The van der Waals surface area contributed by atoms with Crippen molar-refractivity contribution in [1.82, 2.24) is 4.98 Å². The number of benzene rings is 1. The predicted molar refractivity (Wildman–Crippen MR) is 67.7 cm³/mol. The molecule has 0 aliphatic carbocycles. The topological polar surface area (TPSA) is 68.0 Å². The average Bonchev–Trinajstić information content (AvgIpc) is 2.35. The zero-order valence-corrected chi connectivity index (χ0v) is 9.77. The highest BCUT2D eigenvalue weighted by atomic mass is 19.1. The SMILES string of the molecule is Cc1ccc(N)c(C(=O)Nc2ccc(F)nc2)c1. The van der Waals surface area contributed by atoms with Gasteiger partial charge in [0.05, 0.1) is 17.4 Å². The first-order chi connectivity index (χ1) is 8.56. The Morgan fingerprint density at radius 1 is 1.33 bits per heavy atom. The molecule has 3 N–H and O–H groups in total. The van der Waals surface area contributed by atoms with Gasteiger partial charge in [0.15, 0.2) is 0 Å². The molecule has 5 heteroatoms. The van der Waals surface area contributed by atoms with Gasteiger partial charge in [0.25, 0.3) is 5.91 Å². The highest BCUT2D eigenvalue weighted by Crippen LogP contribution is 2.16. The second kappa shape index (κ2) is 4.83. The van der Waals surface area contributed by atoms with Gasteiger partial charge in [-0.3, -0.25) is 4.79 Å². The second-order valence-corrected chi connectivity index (χ2v) is 3.91. The van der Waals surface area contributed by atoms with E-state index in [1.54, 1.807) is 12.1 Å². The van der Waals surface area contributed by atoms with Crippen LogP contribution in [0.25, 0.3) is 0 Å². The van der Waals surface area contributed by atoms with Crippen LogP contribution in [0.15, 0.2) is 36.5 Å². The number of nitrogen functional groups attached to an aromatic ring is 1. The maximum atomic E-state index is 12.6. The number of rotatable bonds is 2. The minimum absolute atomic E-state index is 0.343. The number of pyridine rings is 1. The molecule has 1 amide bonds. The molecular formula is C13H12FN3O. The predicted octanol–water partition coefficient (Wildman–Crippen LogP) is 2.36. The van der Waals surface area contributed by atoms with E-state index >= 15 is 0 Å². The van der Waals surface area contributed by atoms with E-state index in [4.69, 9.17) is 5.73 Å². The minimum Gasteiger partial charge on any atom is -0.398 e. The van der Waals surface area contributed by atoms with Crippen molar-refractivity contribution in [3.63, 3.8) is 0 Å². The van der Waals surface area contributed by atoms with Gasteiger partial charge < -0.3 is 11.1 Å². The molecule has 1 aromatic carbocycles. The van der Waals surface area contributed by atoms with Crippen LogP contribution in [0.4, 0.5) is 15.8 Å². The Hall–Kier alpha value is -2.43. The summed E-state index contributed by atoms with van der Waals surface area (Å²) in [7, 11) is 0. The highest BCUT2D eigenvalue weighted by Gasteiger charge is 2.10. The molecule has 0 radical (unpaired) electrons. The van der Waals surface area contributed by atoms with Crippen LogP contribution < -0.4 is 11.1 Å². The normalized spacial score (nSPS) is 10.1. The van der Waals surface area contributed by atoms with E-state index in [-0.39, 0.29) is 5.91 Å². The quantitative estimate of drug-likeness (QED) is 0.630. The van der Waals surface area contributed by atoms with E-state index in [1.807, 2.05) is 13.0 Å². The first kappa shape index (κ1) is 12.0. The Kier molecular flexibility index (Phi) is 3.23. The number of aryl methyl sites for hydroxylation is 1. The Morgan fingerprint density at radius 3 is 2.78 bits per heavy atom. The fourth-order valence-corrected chi connectivity index (χ4v) is 1.51. The number of nitrogens with two attached hydrogens (primary N) is 1. The van der Waals surface area contributed by atoms with E-state index < -0.39 is 5.95 Å². The molecule has 0 fully saturated rings. The third-order valence-electron chi connectivity index (χ3n) is 2.44. The number of nitrogens with zero attached hydrogens (tertiary/aromatic N) is 1. The summed E-state index contributed by atoms with van der Waals surface area (Å²) in [5, 5.41) is 2.61. The summed E-state index contributed by atoms with van der Waals surface area (Å²) in [6, 6.07) is 7.81. The Balaban J connectivity index is 2.21. The van der Waals surface area contributed by atoms with Crippen LogP contribution in [-0.2, 0) is 0 Å². The van der Waals surface area contributed by atoms with Gasteiger partial charge in [-0.1, -0.05) is 11.6 Å². The lowest BCUT2D eigenvalue weighted by Gasteiger charge is -2.08. The average molecular weight is 245 g/mol. The largest absolute Gasteiger partial charge is 0.398 e. The summed E-state index contributed by atoms with van der Waals surface area (Å²) in [5.41, 5.74) is 7.87. The van der Waals surface area contributed by atoms with Crippen molar-refractivity contribution >= 4 is 17.3 Å². The Labute approximate surface area is 104 Å². The summed E-state index contributed by atoms with van der Waals surface area (Å²) < 4.78 is 12.6. The summed E-state index contributed by atoms with van der Waals surface area (Å²) in [6.07, 6.45) is 1.25. The molecule has 0 saturated heterocycles. The molecule has 0 aliphatic rings. The van der Waals surface area contributed by atoms with Crippen LogP contribution in [-0.4, -0.2) is 10.9 Å². The second-order valence-electron chi connectivity index (χ2n) is 3.91. The molecule has 0 bridgehead atoms. The molecule has 0 aliphatic heterocycles. The van der Waals surface area contributed by atoms with Crippen LogP contribution in [0.2, 0.25) is 0 Å². The van der Waals surface area contributed by atoms with Gasteiger partial charge in [-0.2, -0.15) is 4.39 Å². The van der Waals surface area contributed by atoms with E-state index in [2.05, 4.69) is 10.3 Å². The molecule has 0 spiro atoms. The number of carbonyl (C=O) groups excluding carboxylic acids is 1. The van der Waals surface area contributed by atoms with Crippen LogP contribution in [0.3, 0.4) is 0 Å². The van der Waals surface area contributed by atoms with Gasteiger partial charge in [-0.05, 0) is 31.2 Å². The molecule has 4 nitrogen and oxygen atoms in total. The highest BCUT2D eigenvalue weighted by molar-refractivity contribution is 6.07. The molecule has 18 heavy (non-hydrogen) atoms. The molecule has 2 aromatic rings. The zero-order chi connectivity index (χ0) is 13.1. The van der Waals surface area contributed by atoms with E-state index in [1.165, 1.54) is 18.3 Å². The van der Waals surface area contributed by atoms with Crippen molar-refractivity contribution in [2.24, 2.45) is 0 Å². The molecular weight excluding hydrogens is 233 g/mol. The number of hydrogen-bond donors (Lipinski definition) is 2. The van der Waals surface area contributed by atoms with Crippen LogP contribution >= 0.6 is 0 Å². The third kappa shape index (κ3) is 2.63. The number of halogens is 1. The third-order valence-corrected chi connectivity index (χ3v) is 2.44. The number of nitrogens with one attached hydrogen (secondary N) is 1. The van der Waals surface area contributed by atoms with Crippen molar-refractivity contribution in [2.45, 2.75) is 6.92 Å². The van der Waals surface area contributed by atoms with E-state index in [0.717, 1.165) is 5.56 Å². The van der Waals surface area contributed by atoms with Gasteiger partial charge >= 0.3 is 0 Å². The minimum atomic E-state index is -0.594. The lowest BCUT2D eigenvalue weighted by molar-refractivity contribution is 0.102. The fourth-order valence-electron chi connectivity index (χ4n) is 1.51. The van der Waals surface area contributed by atoms with Crippen LogP contribution in [0.1, 0.15) is 15.9 Å². The number of anilines is 2. The monoisotopic (exact) mass is 245 g/mol. The number of amides is 1. The summed E-state index contributed by atoms with van der Waals surface area (Å²) in [6.45, 7) is 1.87. The van der Waals surface area contributed by atoms with Crippen molar-refractivity contribution in [1.29, 1.82) is 0 Å². The molecule has 0 unspecified atom stereocenters. The van der Waals surface area contributed by atoms with E-state index in [0.29, 0.717) is 16.9 Å². The maximum Gasteiger partial charge on any atom is 0.257 e. The van der Waals surface area contributed by atoms with Gasteiger partial charge in [0, 0.05) is 5.69 Å². The molecule has 2 rings (SSSR count). The first-order valence-corrected chi connectivity index (χ1v) is 5.35. The van der Waals surface area contributed by atoms with Gasteiger partial charge in [0.2, 0.25) is 5.95 Å². The molecule has 0 atom stereocenters. The number of carbonyl (C=O) groups is 1. The van der Waals surface area contributed by atoms with E-state index in [9.17, 15) is 9.18 Å². The van der Waals surface area contributed by atoms with Crippen molar-refractivity contribution in [3.05, 3.63) is 53.6 Å². The first-order valence-electron chi connectivity index (χ1n) is 5.35. The smallest absolute Gasteiger partial charge is 0.257 e. The molecule has 1 aromatic heterocycles. The number of aromatic nitrogens is 1. The van der Waals surface area contributed by atoms with Gasteiger partial charge in [0.1, 0.15) is 0 Å². The van der Waals surface area contributed by atoms with Gasteiger partial charge in [-0.15, -0.1) is 0 Å². The van der Waals surface area contributed by atoms with Crippen molar-refractivity contribution in [2.75, 3.05) is 11.1 Å². The Morgan fingerprint density at radius 2 is 2.11 bits per heavy atom. The Bertz CT molecular complexity index is 581. The van der Waals surface area contributed by atoms with Crippen molar-refractivity contribution < 1.29 is 9.18 Å². The maximum absolute atomic E-state index is 12.6. The summed E-state index contributed by atoms with van der Waals surface area (Å²) >= 11 is 0. The van der Waals surface area contributed by atoms with Crippen molar-refractivity contribution in [3.8, 4) is 0 Å². The van der Waals surface area contributed by atoms with Gasteiger partial charge in [-0.25, -0.2) is 4.98 Å². The lowest BCUT2D eigenvalue weighted by Crippen LogP contribution is -2.14. The van der Waals surface area contributed by atoms with Crippen LogP contribution in [0, 0.1) is 12.9 Å². The number of hydrogen-bond acceptors (Lipinski definition) is 3. The molecule has 0 saturated carbocycles. The fraction of sp³-hybridized carbons (Fsp3) is 0.0769. The summed E-state index contributed by atoms with van der Waals surface area (Å²) in [4.78, 5) is 15.4. The standard InChI is InChI=1S/C13H12FN3O/c1-8-2-4-11(15)10(6-8)13(18)17-9-3-5-12(14)16-7-9/h2-7H,15H2,1H3,(H,17,18).